The summed E-state index contributed by atoms with van der Waals surface area (Å²) in [6.45, 7) is 4.84. The zero-order valence-corrected chi connectivity index (χ0v) is 15.3. The highest BCUT2D eigenvalue weighted by Crippen LogP contribution is 2.38. The zero-order chi connectivity index (χ0) is 15.3. The van der Waals surface area contributed by atoms with E-state index in [2.05, 4.69) is 31.3 Å². The van der Waals surface area contributed by atoms with Crippen LogP contribution in [-0.4, -0.2) is 18.5 Å². The fraction of sp³-hybridized carbons (Fsp3) is 0.706. The number of nitrogens with two attached hydrogens (primary N) is 1. The van der Waals surface area contributed by atoms with E-state index in [0.29, 0.717) is 13.0 Å². The minimum Gasteiger partial charge on any atom is -0.353 e. The van der Waals surface area contributed by atoms with Gasteiger partial charge in [0.05, 0.1) is 0 Å². The normalized spacial score (nSPS) is 18.3. The lowest BCUT2D eigenvalue weighted by atomic mass is 9.71. The topological polar surface area (TPSA) is 55.1 Å². The first-order chi connectivity index (χ1) is 10.0. The van der Waals surface area contributed by atoms with Crippen molar-refractivity contribution in [1.82, 2.24) is 5.32 Å². The molecule has 22 heavy (non-hydrogen) atoms. The number of hydrogen-bond acceptors (Lipinski definition) is 3. The van der Waals surface area contributed by atoms with Gasteiger partial charge < -0.3 is 11.1 Å². The fourth-order valence-electron chi connectivity index (χ4n) is 3.37. The number of nitrogens with one attached hydrogen (secondary N) is 1. The van der Waals surface area contributed by atoms with Crippen molar-refractivity contribution < 1.29 is 4.79 Å². The molecular formula is C17H29ClN2OS. The summed E-state index contributed by atoms with van der Waals surface area (Å²) in [7, 11) is 0. The Morgan fingerprint density at radius 2 is 2.05 bits per heavy atom. The molecule has 1 aliphatic carbocycles. The standard InChI is InChI=1S/C17H28N2OS.ClH/c1-13(10-15-7-6-14(2)21-15)19-16(20)11-17(12-18)8-4-3-5-9-17;/h6-7,13H,3-5,8-12,18H2,1-2H3,(H,19,20);1H. The summed E-state index contributed by atoms with van der Waals surface area (Å²) >= 11 is 1.81. The van der Waals surface area contributed by atoms with Gasteiger partial charge in [0, 0.05) is 28.6 Å². The van der Waals surface area contributed by atoms with E-state index in [9.17, 15) is 4.79 Å². The third kappa shape index (κ3) is 5.56. The Labute approximate surface area is 144 Å². The summed E-state index contributed by atoms with van der Waals surface area (Å²) in [5.41, 5.74) is 6.02. The van der Waals surface area contributed by atoms with Gasteiger partial charge in [-0.05, 0) is 50.8 Å². The van der Waals surface area contributed by atoms with Crippen LogP contribution in [0.1, 0.15) is 55.2 Å². The van der Waals surface area contributed by atoms with Gasteiger partial charge in [-0.15, -0.1) is 23.7 Å². The van der Waals surface area contributed by atoms with Crippen LogP contribution in [0.2, 0.25) is 0 Å². The lowest BCUT2D eigenvalue weighted by Gasteiger charge is -2.36. The summed E-state index contributed by atoms with van der Waals surface area (Å²) < 4.78 is 0. The molecule has 3 N–H and O–H groups in total. The number of amides is 1. The number of carbonyl (C=O) groups is 1. The molecule has 1 aromatic heterocycles. The molecule has 5 heteroatoms. The summed E-state index contributed by atoms with van der Waals surface area (Å²) in [5, 5.41) is 3.16. The molecule has 126 valence electrons. The van der Waals surface area contributed by atoms with E-state index in [1.807, 2.05) is 11.3 Å². The SMILES string of the molecule is Cc1ccc(CC(C)NC(=O)CC2(CN)CCCCC2)s1.Cl. The van der Waals surface area contributed by atoms with Crippen LogP contribution in [0, 0.1) is 12.3 Å². The van der Waals surface area contributed by atoms with Gasteiger partial charge in [-0.25, -0.2) is 0 Å². The van der Waals surface area contributed by atoms with E-state index in [1.165, 1.54) is 29.0 Å². The van der Waals surface area contributed by atoms with Crippen molar-refractivity contribution in [3.8, 4) is 0 Å². The Kier molecular flexibility index (Phi) is 7.87. The molecule has 0 aromatic carbocycles. The summed E-state index contributed by atoms with van der Waals surface area (Å²) in [6, 6.07) is 4.49. The van der Waals surface area contributed by atoms with Crippen molar-refractivity contribution in [2.75, 3.05) is 6.54 Å². The third-order valence-electron chi connectivity index (χ3n) is 4.59. The van der Waals surface area contributed by atoms with E-state index in [0.717, 1.165) is 19.3 Å². The number of hydrogen-bond donors (Lipinski definition) is 2. The van der Waals surface area contributed by atoms with Crippen LogP contribution in [0.25, 0.3) is 0 Å². The molecule has 1 fully saturated rings. The van der Waals surface area contributed by atoms with Gasteiger partial charge in [0.1, 0.15) is 0 Å². The molecule has 0 radical (unpaired) electrons. The van der Waals surface area contributed by atoms with Crippen LogP contribution in [-0.2, 0) is 11.2 Å². The minimum atomic E-state index is 0. The lowest BCUT2D eigenvalue weighted by Crippen LogP contribution is -2.41. The highest BCUT2D eigenvalue weighted by Gasteiger charge is 2.33. The van der Waals surface area contributed by atoms with Gasteiger partial charge in [0.25, 0.3) is 0 Å². The second-order valence-corrected chi connectivity index (χ2v) is 8.00. The third-order valence-corrected chi connectivity index (χ3v) is 5.62. The predicted octanol–water partition coefficient (Wildman–Crippen LogP) is 3.82. The quantitative estimate of drug-likeness (QED) is 0.824. The van der Waals surface area contributed by atoms with E-state index in [1.54, 1.807) is 0 Å². The van der Waals surface area contributed by atoms with Gasteiger partial charge >= 0.3 is 0 Å². The highest BCUT2D eigenvalue weighted by atomic mass is 35.5. The Morgan fingerprint density at radius 1 is 1.36 bits per heavy atom. The van der Waals surface area contributed by atoms with Gasteiger partial charge in [0.2, 0.25) is 5.91 Å². The molecule has 1 unspecified atom stereocenters. The first-order valence-corrected chi connectivity index (χ1v) is 8.89. The molecule has 1 atom stereocenters. The largest absolute Gasteiger partial charge is 0.353 e. The molecule has 0 spiro atoms. The van der Waals surface area contributed by atoms with E-state index in [4.69, 9.17) is 5.73 Å². The minimum absolute atomic E-state index is 0. The average Bonchev–Trinajstić information content (AvgIpc) is 2.84. The lowest BCUT2D eigenvalue weighted by molar-refractivity contribution is -0.124. The maximum Gasteiger partial charge on any atom is 0.220 e. The molecule has 3 nitrogen and oxygen atoms in total. The highest BCUT2D eigenvalue weighted by molar-refractivity contribution is 7.11. The van der Waals surface area contributed by atoms with Crippen molar-refractivity contribution in [2.24, 2.45) is 11.1 Å². The molecule has 0 aliphatic heterocycles. The van der Waals surface area contributed by atoms with Crippen molar-refractivity contribution >= 4 is 29.7 Å². The molecule has 1 aliphatic rings. The Hall–Kier alpha value is -0.580. The van der Waals surface area contributed by atoms with Crippen LogP contribution >= 0.6 is 23.7 Å². The van der Waals surface area contributed by atoms with Crippen LogP contribution in [0.15, 0.2) is 12.1 Å². The smallest absolute Gasteiger partial charge is 0.220 e. The van der Waals surface area contributed by atoms with Crippen LogP contribution in [0.4, 0.5) is 0 Å². The Morgan fingerprint density at radius 3 is 2.59 bits per heavy atom. The monoisotopic (exact) mass is 344 g/mol. The van der Waals surface area contributed by atoms with E-state index in [-0.39, 0.29) is 29.8 Å². The number of carbonyl (C=O) groups excluding carboxylic acids is 1. The van der Waals surface area contributed by atoms with Gasteiger partial charge in [-0.1, -0.05) is 19.3 Å². The molecule has 1 heterocycles. The van der Waals surface area contributed by atoms with Gasteiger partial charge in [-0.3, -0.25) is 4.79 Å². The molecule has 0 saturated heterocycles. The first kappa shape index (κ1) is 19.5. The molecule has 2 rings (SSSR count). The Balaban J connectivity index is 0.00000242. The van der Waals surface area contributed by atoms with Gasteiger partial charge in [-0.2, -0.15) is 0 Å². The van der Waals surface area contributed by atoms with Crippen LogP contribution in [0.5, 0.6) is 0 Å². The number of halogens is 1. The molecule has 1 saturated carbocycles. The number of rotatable bonds is 6. The van der Waals surface area contributed by atoms with E-state index < -0.39 is 0 Å². The molecule has 0 bridgehead atoms. The maximum atomic E-state index is 12.3. The van der Waals surface area contributed by atoms with E-state index >= 15 is 0 Å². The zero-order valence-electron chi connectivity index (χ0n) is 13.7. The van der Waals surface area contributed by atoms with Crippen molar-refractivity contribution in [3.63, 3.8) is 0 Å². The molecule has 1 aromatic rings. The van der Waals surface area contributed by atoms with Crippen LogP contribution in [0.3, 0.4) is 0 Å². The van der Waals surface area contributed by atoms with Crippen molar-refractivity contribution in [2.45, 2.75) is 64.8 Å². The van der Waals surface area contributed by atoms with Crippen molar-refractivity contribution in [3.05, 3.63) is 21.9 Å². The van der Waals surface area contributed by atoms with Crippen LogP contribution < -0.4 is 11.1 Å². The van der Waals surface area contributed by atoms with Crippen molar-refractivity contribution in [1.29, 1.82) is 0 Å². The summed E-state index contributed by atoms with van der Waals surface area (Å²) in [4.78, 5) is 15.0. The molecule has 1 amide bonds. The predicted molar refractivity (Wildman–Crippen MR) is 96.8 cm³/mol. The maximum absolute atomic E-state index is 12.3. The number of aryl methyl sites for hydroxylation is 1. The Bertz CT molecular complexity index is 469. The second-order valence-electron chi connectivity index (χ2n) is 6.63. The summed E-state index contributed by atoms with van der Waals surface area (Å²) in [6.07, 6.45) is 7.45. The number of thiophene rings is 1. The average molecular weight is 345 g/mol. The molecular weight excluding hydrogens is 316 g/mol. The summed E-state index contributed by atoms with van der Waals surface area (Å²) in [5.74, 6) is 0.170. The first-order valence-electron chi connectivity index (χ1n) is 8.08. The van der Waals surface area contributed by atoms with Gasteiger partial charge in [0.15, 0.2) is 0 Å². The fourth-order valence-corrected chi connectivity index (χ4v) is 4.39. The second kappa shape index (κ2) is 8.90.